The van der Waals surface area contributed by atoms with E-state index in [2.05, 4.69) is 20.1 Å². The van der Waals surface area contributed by atoms with Crippen molar-refractivity contribution >= 4 is 42.6 Å². The number of nitrogens with one attached hydrogen (secondary N) is 2. The molecule has 2 bridgehead atoms. The minimum absolute atomic E-state index is 0.0432. The van der Waals surface area contributed by atoms with Crippen molar-refractivity contribution in [2.45, 2.75) is 106 Å². The first kappa shape index (κ1) is 30.6. The van der Waals surface area contributed by atoms with Crippen molar-refractivity contribution in [2.24, 2.45) is 0 Å². The van der Waals surface area contributed by atoms with Crippen LogP contribution < -0.4 is 14.9 Å². The highest BCUT2D eigenvalue weighted by atomic mass is 32.2. The van der Waals surface area contributed by atoms with Crippen LogP contribution in [0.2, 0.25) is 0 Å². The van der Waals surface area contributed by atoms with Gasteiger partial charge in [0.05, 0.1) is 21.0 Å². The molecule has 4 heterocycles. The molecule has 9 nitrogen and oxygen atoms in total. The largest absolute Gasteiger partial charge is 0.417 e. The quantitative estimate of drug-likeness (QED) is 0.185. The lowest BCUT2D eigenvalue weighted by molar-refractivity contribution is -0.137. The lowest BCUT2D eigenvalue weighted by Crippen LogP contribution is -2.64. The third kappa shape index (κ3) is 5.49. The Morgan fingerprint density at radius 1 is 1.00 bits per heavy atom. The van der Waals surface area contributed by atoms with Gasteiger partial charge in [0, 0.05) is 47.3 Å². The second-order valence-corrected chi connectivity index (χ2v) is 17.0. The number of carbonyl (C=O) groups is 1. The summed E-state index contributed by atoms with van der Waals surface area (Å²) in [6, 6.07) is 9.85. The van der Waals surface area contributed by atoms with Crippen LogP contribution in [0.25, 0.3) is 21.5 Å². The number of nitrogens with zero attached hydrogens (tertiary/aromatic N) is 3. The average molecular weight is 698 g/mol. The minimum Gasteiger partial charge on any atom is -0.360 e. The van der Waals surface area contributed by atoms with Crippen LogP contribution in [0.15, 0.2) is 40.9 Å². The monoisotopic (exact) mass is 697 g/mol. The van der Waals surface area contributed by atoms with Crippen molar-refractivity contribution in [2.75, 3.05) is 4.90 Å². The number of hydrogen-bond donors (Lipinski definition) is 2. The summed E-state index contributed by atoms with van der Waals surface area (Å²) in [5, 5.41) is 8.24. The molecule has 0 spiro atoms. The van der Waals surface area contributed by atoms with Crippen LogP contribution in [0.1, 0.15) is 102 Å². The Hall–Kier alpha value is -3.49. The van der Waals surface area contributed by atoms with Gasteiger partial charge < -0.3 is 14.7 Å². The summed E-state index contributed by atoms with van der Waals surface area (Å²) in [6.07, 6.45) is 3.38. The number of hydrogen-bond acceptors (Lipinski definition) is 9. The van der Waals surface area contributed by atoms with Crippen molar-refractivity contribution in [3.8, 4) is 11.3 Å². The van der Waals surface area contributed by atoms with Crippen LogP contribution in [-0.2, 0) is 22.7 Å². The number of amides is 1. The molecule has 2 N–H and O–H groups in total. The second-order valence-electron chi connectivity index (χ2n) is 14.0. The average Bonchev–Trinajstić information content (AvgIpc) is 3.91. The number of sulfonamides is 1. The maximum Gasteiger partial charge on any atom is 0.417 e. The summed E-state index contributed by atoms with van der Waals surface area (Å²) < 4.78 is 75.4. The zero-order valence-corrected chi connectivity index (χ0v) is 27.6. The number of aromatic nitrogens is 2. The first-order chi connectivity index (χ1) is 23.0. The molecule has 0 radical (unpaired) electrons. The van der Waals surface area contributed by atoms with Crippen molar-refractivity contribution in [1.82, 2.24) is 20.2 Å². The van der Waals surface area contributed by atoms with Gasteiger partial charge in [-0.05, 0) is 87.5 Å². The maximum absolute atomic E-state index is 13.9. The molecule has 48 heavy (non-hydrogen) atoms. The topological polar surface area (TPSA) is 117 Å². The van der Waals surface area contributed by atoms with Crippen LogP contribution >= 0.6 is 11.3 Å². The number of rotatable bonds is 10. The standard InChI is InChI=1S/C34H34F3N5O4S2/c35-34(36,37)27-4-2-1-3-24(27)29-26(31(46-40-29)18-7-8-18)16-38-20-13-21-15-22(14-20)42(21)33-39-30-25(17-5-6-17)11-19(12-28(30)47-33)32(43)41-48(44,45)23-9-10-23/h1-4,11-12,17-18,20-23,38H,5-10,13-16H2,(H,41,43). The number of anilines is 1. The van der Waals surface area contributed by atoms with Gasteiger partial charge in [-0.3, -0.25) is 4.79 Å². The molecule has 6 fully saturated rings. The second kappa shape index (κ2) is 11.0. The predicted octanol–water partition coefficient (Wildman–Crippen LogP) is 6.85. The summed E-state index contributed by atoms with van der Waals surface area (Å²) in [4.78, 5) is 20.5. The van der Waals surface area contributed by atoms with E-state index in [0.717, 1.165) is 71.9 Å². The molecule has 4 saturated carbocycles. The number of thiazole rings is 1. The van der Waals surface area contributed by atoms with Crippen molar-refractivity contribution in [3.63, 3.8) is 0 Å². The van der Waals surface area contributed by atoms with Gasteiger partial charge in [-0.25, -0.2) is 18.1 Å². The smallest absolute Gasteiger partial charge is 0.360 e. The molecule has 2 aromatic heterocycles. The molecule has 2 unspecified atom stereocenters. The molecule has 2 aromatic carbocycles. The molecule has 2 saturated heterocycles. The predicted molar refractivity (Wildman–Crippen MR) is 174 cm³/mol. The summed E-state index contributed by atoms with van der Waals surface area (Å²) in [5.74, 6) is 0.630. The zero-order chi connectivity index (χ0) is 32.9. The lowest BCUT2D eigenvalue weighted by atomic mass is 9.77. The molecular weight excluding hydrogens is 664 g/mol. The van der Waals surface area contributed by atoms with Crippen molar-refractivity contribution in [1.29, 1.82) is 0 Å². The Kier molecular flexibility index (Phi) is 7.01. The van der Waals surface area contributed by atoms with E-state index in [1.165, 1.54) is 12.1 Å². The van der Waals surface area contributed by atoms with Gasteiger partial charge in [0.15, 0.2) is 5.13 Å². The van der Waals surface area contributed by atoms with E-state index < -0.39 is 32.9 Å². The van der Waals surface area contributed by atoms with E-state index in [-0.39, 0.29) is 35.3 Å². The van der Waals surface area contributed by atoms with E-state index in [9.17, 15) is 26.4 Å². The molecule has 4 aromatic rings. The van der Waals surface area contributed by atoms with Gasteiger partial charge >= 0.3 is 6.18 Å². The fourth-order valence-corrected chi connectivity index (χ4v) is 10.0. The van der Waals surface area contributed by atoms with Gasteiger partial charge in [0.1, 0.15) is 11.5 Å². The van der Waals surface area contributed by atoms with Gasteiger partial charge in [0.25, 0.3) is 5.91 Å². The molecule has 2 aliphatic heterocycles. The minimum atomic E-state index is -4.50. The third-order valence-electron chi connectivity index (χ3n) is 10.5. The Labute approximate surface area is 279 Å². The highest BCUT2D eigenvalue weighted by Gasteiger charge is 2.47. The Morgan fingerprint density at radius 3 is 2.42 bits per heavy atom. The fraction of sp³-hybridized carbons (Fsp3) is 0.500. The fourth-order valence-electron chi connectivity index (χ4n) is 7.55. The van der Waals surface area contributed by atoms with E-state index >= 15 is 0 Å². The Balaban J connectivity index is 0.925. The molecule has 14 heteroatoms. The van der Waals surface area contributed by atoms with Crippen molar-refractivity contribution < 1.29 is 30.9 Å². The van der Waals surface area contributed by atoms with E-state index in [1.807, 2.05) is 6.07 Å². The molecule has 2 atom stereocenters. The van der Waals surface area contributed by atoms with Crippen molar-refractivity contribution in [3.05, 3.63) is 64.4 Å². The van der Waals surface area contributed by atoms with E-state index in [0.29, 0.717) is 42.2 Å². The SMILES string of the molecule is O=C(NS(=O)(=O)C1CC1)c1cc(C2CC2)c2nc(N3C4CC(NCc5c(-c6ccccc6C(F)(F)F)noc5C5CC5)CC3C4)sc2c1. The maximum atomic E-state index is 13.9. The van der Waals surface area contributed by atoms with Crippen LogP contribution in [-0.4, -0.2) is 47.8 Å². The molecular formula is C34H34F3N5O4S2. The summed E-state index contributed by atoms with van der Waals surface area (Å²) in [6.45, 7) is 0.383. The highest BCUT2D eigenvalue weighted by molar-refractivity contribution is 7.91. The zero-order valence-electron chi connectivity index (χ0n) is 25.9. The Morgan fingerprint density at radius 2 is 1.73 bits per heavy atom. The van der Waals surface area contributed by atoms with Crippen LogP contribution in [0.4, 0.5) is 18.3 Å². The van der Waals surface area contributed by atoms with Crippen LogP contribution in [0.5, 0.6) is 0 Å². The van der Waals surface area contributed by atoms with E-state index in [4.69, 9.17) is 9.51 Å². The molecule has 4 aliphatic carbocycles. The van der Waals surface area contributed by atoms with Gasteiger partial charge in [-0.1, -0.05) is 34.7 Å². The van der Waals surface area contributed by atoms with Gasteiger partial charge in [-0.15, -0.1) is 0 Å². The molecule has 1 amide bonds. The van der Waals surface area contributed by atoms with Crippen LogP contribution in [0, 0.1) is 0 Å². The van der Waals surface area contributed by atoms with Gasteiger partial charge in [0.2, 0.25) is 10.0 Å². The number of piperidine rings is 1. The first-order valence-electron chi connectivity index (χ1n) is 16.7. The lowest BCUT2D eigenvalue weighted by Gasteiger charge is -2.55. The number of alkyl halides is 3. The number of fused-ring (bicyclic) bond motifs is 3. The third-order valence-corrected chi connectivity index (χ3v) is 13.3. The van der Waals surface area contributed by atoms with Gasteiger partial charge in [-0.2, -0.15) is 13.2 Å². The Bertz CT molecular complexity index is 2040. The normalized spacial score (nSPS) is 24.1. The van der Waals surface area contributed by atoms with Crippen LogP contribution in [0.3, 0.4) is 0 Å². The molecule has 10 rings (SSSR count). The molecule has 6 aliphatic rings. The first-order valence-corrected chi connectivity index (χ1v) is 19.1. The summed E-state index contributed by atoms with van der Waals surface area (Å²) in [5.41, 5.74) is 2.57. The summed E-state index contributed by atoms with van der Waals surface area (Å²) >= 11 is 1.55. The summed E-state index contributed by atoms with van der Waals surface area (Å²) in [7, 11) is -3.65. The highest BCUT2D eigenvalue weighted by Crippen LogP contribution is 2.49. The number of carbonyl (C=O) groups excluding carboxylic acids is 1. The number of benzene rings is 2. The molecule has 252 valence electrons. The number of halogens is 3. The van der Waals surface area contributed by atoms with E-state index in [1.54, 1.807) is 23.5 Å².